The van der Waals surface area contributed by atoms with Crippen LogP contribution in [0.4, 0.5) is 0 Å². The van der Waals surface area contributed by atoms with Gasteiger partial charge in [0.05, 0.1) is 7.11 Å². The van der Waals surface area contributed by atoms with Crippen LogP contribution in [0.15, 0.2) is 24.3 Å². The monoisotopic (exact) mass is 193 g/mol. The average Bonchev–Trinajstić information content (AvgIpc) is 2.20. The van der Waals surface area contributed by atoms with Crippen molar-refractivity contribution in [1.29, 1.82) is 5.41 Å². The molecule has 0 amide bonds. The highest BCUT2D eigenvalue weighted by Crippen LogP contribution is 2.10. The molecule has 0 saturated carbocycles. The normalized spacial score (nSPS) is 9.50. The molecule has 0 bridgehead atoms. The van der Waals surface area contributed by atoms with Crippen molar-refractivity contribution in [3.8, 4) is 5.75 Å². The minimum absolute atomic E-state index is 0.0989. The lowest BCUT2D eigenvalue weighted by Crippen LogP contribution is -2.16. The zero-order valence-corrected chi connectivity index (χ0v) is 7.78. The number of hydrogen-bond acceptors (Lipinski definition) is 4. The van der Waals surface area contributed by atoms with Gasteiger partial charge in [-0.25, -0.2) is 4.79 Å². The Morgan fingerprint density at radius 2 is 2.00 bits per heavy atom. The first-order valence-electron chi connectivity index (χ1n) is 4.07. The predicted molar refractivity (Wildman–Crippen MR) is 51.6 cm³/mol. The molecule has 0 atom stereocenters. The van der Waals surface area contributed by atoms with E-state index in [1.165, 1.54) is 19.2 Å². The summed E-state index contributed by atoms with van der Waals surface area (Å²) in [5, 5.41) is 16.3. The van der Waals surface area contributed by atoms with E-state index >= 15 is 0 Å². The van der Waals surface area contributed by atoms with Crippen molar-refractivity contribution in [2.24, 2.45) is 0 Å². The number of carbonyl (C=O) groups excluding carboxylic acids is 1. The van der Waals surface area contributed by atoms with Gasteiger partial charge in [-0.1, -0.05) is 12.1 Å². The molecule has 0 unspecified atom stereocenters. The van der Waals surface area contributed by atoms with Gasteiger partial charge < -0.3 is 9.84 Å². The number of methoxy groups -OCH3 is 1. The maximum atomic E-state index is 10.9. The number of esters is 1. The fourth-order valence-electron chi connectivity index (χ4n) is 1.01. The van der Waals surface area contributed by atoms with Crippen LogP contribution < -0.4 is 0 Å². The number of phenolic OH excluding ortho intramolecular Hbond substituents is 1. The van der Waals surface area contributed by atoms with Crippen molar-refractivity contribution >= 4 is 11.7 Å². The van der Waals surface area contributed by atoms with Crippen LogP contribution in [-0.2, 0) is 16.0 Å². The largest absolute Gasteiger partial charge is 0.508 e. The van der Waals surface area contributed by atoms with Gasteiger partial charge in [0, 0.05) is 6.42 Å². The first-order chi connectivity index (χ1) is 6.63. The first-order valence-corrected chi connectivity index (χ1v) is 4.07. The molecule has 1 aromatic rings. The summed E-state index contributed by atoms with van der Waals surface area (Å²) in [7, 11) is 1.24. The molecular weight excluding hydrogens is 182 g/mol. The Morgan fingerprint density at radius 3 is 2.50 bits per heavy atom. The zero-order valence-electron chi connectivity index (χ0n) is 7.78. The van der Waals surface area contributed by atoms with Crippen LogP contribution in [0.5, 0.6) is 5.75 Å². The van der Waals surface area contributed by atoms with Crippen LogP contribution in [0.25, 0.3) is 0 Å². The summed E-state index contributed by atoms with van der Waals surface area (Å²) < 4.78 is 4.40. The van der Waals surface area contributed by atoms with Gasteiger partial charge in [0.15, 0.2) is 0 Å². The van der Waals surface area contributed by atoms with Crippen LogP contribution in [0, 0.1) is 5.41 Å². The third kappa shape index (κ3) is 2.58. The molecule has 74 valence electrons. The summed E-state index contributed by atoms with van der Waals surface area (Å²) in [6, 6.07) is 6.35. The highest BCUT2D eigenvalue weighted by atomic mass is 16.5. The molecular formula is C10H11NO3. The van der Waals surface area contributed by atoms with E-state index in [4.69, 9.17) is 10.5 Å². The third-order valence-corrected chi connectivity index (χ3v) is 1.75. The molecule has 0 aliphatic rings. The molecule has 1 aromatic carbocycles. The molecule has 0 saturated heterocycles. The van der Waals surface area contributed by atoms with E-state index in [1.54, 1.807) is 12.1 Å². The topological polar surface area (TPSA) is 70.4 Å². The van der Waals surface area contributed by atoms with Gasteiger partial charge in [0.25, 0.3) is 0 Å². The van der Waals surface area contributed by atoms with E-state index in [2.05, 4.69) is 4.74 Å². The number of phenols is 1. The number of ether oxygens (including phenoxy) is 1. The van der Waals surface area contributed by atoms with E-state index in [0.717, 1.165) is 5.56 Å². The van der Waals surface area contributed by atoms with E-state index in [-0.39, 0.29) is 17.9 Å². The number of hydrogen-bond donors (Lipinski definition) is 2. The van der Waals surface area contributed by atoms with Gasteiger partial charge >= 0.3 is 5.97 Å². The minimum Gasteiger partial charge on any atom is -0.508 e. The predicted octanol–water partition coefficient (Wildman–Crippen LogP) is 1.13. The SMILES string of the molecule is COC(=O)C(=N)Cc1ccc(O)cc1. The van der Waals surface area contributed by atoms with Crippen LogP contribution in [0.3, 0.4) is 0 Å². The lowest BCUT2D eigenvalue weighted by atomic mass is 10.1. The summed E-state index contributed by atoms with van der Waals surface area (Å²) in [6.07, 6.45) is 0.215. The average molecular weight is 193 g/mol. The molecule has 0 spiro atoms. The smallest absolute Gasteiger partial charge is 0.352 e. The maximum absolute atomic E-state index is 10.9. The Kier molecular flexibility index (Phi) is 3.23. The lowest BCUT2D eigenvalue weighted by Gasteiger charge is -2.01. The lowest BCUT2D eigenvalue weighted by molar-refractivity contribution is -0.132. The molecule has 1 rings (SSSR count). The highest BCUT2D eigenvalue weighted by Gasteiger charge is 2.09. The molecule has 0 heterocycles. The Morgan fingerprint density at radius 1 is 1.43 bits per heavy atom. The van der Waals surface area contributed by atoms with E-state index in [1.807, 2.05) is 0 Å². The molecule has 0 fully saturated rings. The Labute approximate surface area is 81.6 Å². The van der Waals surface area contributed by atoms with E-state index < -0.39 is 5.97 Å². The van der Waals surface area contributed by atoms with Crippen LogP contribution in [-0.4, -0.2) is 23.9 Å². The zero-order chi connectivity index (χ0) is 10.6. The summed E-state index contributed by atoms with van der Waals surface area (Å²) in [4.78, 5) is 10.9. The van der Waals surface area contributed by atoms with Crippen molar-refractivity contribution in [3.63, 3.8) is 0 Å². The maximum Gasteiger partial charge on any atom is 0.352 e. The van der Waals surface area contributed by atoms with Gasteiger partial charge in [-0.3, -0.25) is 5.41 Å². The standard InChI is InChI=1S/C10H11NO3/c1-14-10(13)9(11)6-7-2-4-8(12)5-3-7/h2-5,11-12H,6H2,1H3. The van der Waals surface area contributed by atoms with Crippen molar-refractivity contribution in [2.75, 3.05) is 7.11 Å². The van der Waals surface area contributed by atoms with Crippen molar-refractivity contribution in [3.05, 3.63) is 29.8 Å². The summed E-state index contributed by atoms with van der Waals surface area (Å²) >= 11 is 0. The molecule has 0 aliphatic carbocycles. The Balaban J connectivity index is 2.65. The second-order valence-corrected chi connectivity index (χ2v) is 2.81. The second kappa shape index (κ2) is 4.41. The van der Waals surface area contributed by atoms with Crippen molar-refractivity contribution in [1.82, 2.24) is 0 Å². The quantitative estimate of drug-likeness (QED) is 0.558. The molecule has 14 heavy (non-hydrogen) atoms. The van der Waals surface area contributed by atoms with Crippen LogP contribution in [0.1, 0.15) is 5.56 Å². The summed E-state index contributed by atoms with van der Waals surface area (Å²) in [6.45, 7) is 0. The van der Waals surface area contributed by atoms with Gasteiger partial charge in [0.2, 0.25) is 0 Å². The summed E-state index contributed by atoms with van der Waals surface area (Å²) in [5.41, 5.74) is 0.691. The first kappa shape index (κ1) is 10.2. The second-order valence-electron chi connectivity index (χ2n) is 2.81. The number of benzene rings is 1. The number of rotatable bonds is 3. The number of carbonyl (C=O) groups is 1. The molecule has 0 aromatic heterocycles. The van der Waals surface area contributed by atoms with E-state index in [9.17, 15) is 4.79 Å². The Bertz CT molecular complexity index is 343. The van der Waals surface area contributed by atoms with Crippen molar-refractivity contribution < 1.29 is 14.6 Å². The van der Waals surface area contributed by atoms with E-state index in [0.29, 0.717) is 0 Å². The molecule has 0 radical (unpaired) electrons. The third-order valence-electron chi connectivity index (χ3n) is 1.75. The summed E-state index contributed by atoms with van der Waals surface area (Å²) in [5.74, 6) is -0.462. The highest BCUT2D eigenvalue weighted by molar-refractivity contribution is 6.35. The van der Waals surface area contributed by atoms with Gasteiger partial charge in [-0.15, -0.1) is 0 Å². The number of nitrogens with one attached hydrogen (secondary N) is 1. The minimum atomic E-state index is -0.627. The fraction of sp³-hybridized carbons (Fsp3) is 0.200. The Hall–Kier alpha value is -1.84. The van der Waals surface area contributed by atoms with Crippen LogP contribution in [0.2, 0.25) is 0 Å². The molecule has 2 N–H and O–H groups in total. The molecule has 4 nitrogen and oxygen atoms in total. The van der Waals surface area contributed by atoms with Gasteiger partial charge in [-0.2, -0.15) is 0 Å². The van der Waals surface area contributed by atoms with Crippen LogP contribution >= 0.6 is 0 Å². The molecule has 0 aliphatic heterocycles. The number of aromatic hydroxyl groups is 1. The molecule has 4 heteroatoms. The van der Waals surface area contributed by atoms with Crippen molar-refractivity contribution in [2.45, 2.75) is 6.42 Å². The fourth-order valence-corrected chi connectivity index (χ4v) is 1.01. The van der Waals surface area contributed by atoms with Gasteiger partial charge in [-0.05, 0) is 17.7 Å². The van der Waals surface area contributed by atoms with Gasteiger partial charge in [0.1, 0.15) is 11.5 Å².